The Morgan fingerprint density at radius 1 is 1.24 bits per heavy atom. The van der Waals surface area contributed by atoms with Crippen LogP contribution in [0.1, 0.15) is 50.8 Å². The highest BCUT2D eigenvalue weighted by Gasteiger charge is 2.28. The Kier molecular flexibility index (Phi) is 4.58. The molecule has 1 aliphatic heterocycles. The minimum Gasteiger partial charge on any atom is -0.396 e. The molecule has 0 bridgehead atoms. The van der Waals surface area contributed by atoms with E-state index in [-0.39, 0.29) is 0 Å². The normalized spacial score (nSPS) is 19.8. The summed E-state index contributed by atoms with van der Waals surface area (Å²) in [6.07, 6.45) is 5.65. The molecule has 116 valence electrons. The molecular formula is C16H26N4O. The Morgan fingerprint density at radius 2 is 2.00 bits per heavy atom. The van der Waals surface area contributed by atoms with Crippen LogP contribution in [0.3, 0.4) is 0 Å². The van der Waals surface area contributed by atoms with Gasteiger partial charge in [-0.1, -0.05) is 6.92 Å². The first-order chi connectivity index (χ1) is 10.3. The van der Waals surface area contributed by atoms with E-state index in [2.05, 4.69) is 28.2 Å². The number of anilines is 2. The third-order valence-electron chi connectivity index (χ3n) is 4.43. The quantitative estimate of drug-likeness (QED) is 0.842. The molecular weight excluding hydrogens is 264 g/mol. The van der Waals surface area contributed by atoms with Crippen LogP contribution in [0, 0.1) is 5.92 Å². The van der Waals surface area contributed by atoms with Gasteiger partial charge in [0.05, 0.1) is 0 Å². The lowest BCUT2D eigenvalue weighted by Gasteiger charge is -2.32. The Labute approximate surface area is 126 Å². The van der Waals surface area contributed by atoms with Crippen molar-refractivity contribution in [2.24, 2.45) is 5.92 Å². The summed E-state index contributed by atoms with van der Waals surface area (Å²) in [5, 5.41) is 12.7. The van der Waals surface area contributed by atoms with Gasteiger partial charge < -0.3 is 15.3 Å². The average molecular weight is 290 g/mol. The van der Waals surface area contributed by atoms with Crippen molar-refractivity contribution in [3.63, 3.8) is 0 Å². The van der Waals surface area contributed by atoms with Gasteiger partial charge in [-0.05, 0) is 38.0 Å². The van der Waals surface area contributed by atoms with Crippen LogP contribution in [-0.4, -0.2) is 41.3 Å². The molecule has 2 heterocycles. The zero-order valence-electron chi connectivity index (χ0n) is 12.9. The summed E-state index contributed by atoms with van der Waals surface area (Å²) in [7, 11) is 0. The summed E-state index contributed by atoms with van der Waals surface area (Å²) < 4.78 is 0. The van der Waals surface area contributed by atoms with Crippen molar-refractivity contribution in [3.05, 3.63) is 11.9 Å². The molecule has 1 saturated heterocycles. The first-order valence-electron chi connectivity index (χ1n) is 8.28. The van der Waals surface area contributed by atoms with Crippen LogP contribution in [0.25, 0.3) is 0 Å². The van der Waals surface area contributed by atoms with Gasteiger partial charge in [-0.15, -0.1) is 0 Å². The van der Waals surface area contributed by atoms with Gasteiger partial charge in [-0.25, -0.2) is 9.97 Å². The third-order valence-corrected chi connectivity index (χ3v) is 4.43. The molecule has 2 aliphatic rings. The molecule has 0 unspecified atom stereocenters. The molecule has 1 saturated carbocycles. The lowest BCUT2D eigenvalue weighted by Crippen LogP contribution is -2.35. The van der Waals surface area contributed by atoms with Gasteiger partial charge in [0.2, 0.25) is 0 Å². The maximum Gasteiger partial charge on any atom is 0.136 e. The second kappa shape index (κ2) is 6.60. The van der Waals surface area contributed by atoms with Crippen LogP contribution >= 0.6 is 0 Å². The standard InChI is InChI=1S/C16H26N4O/c1-2-7-17-14-10-15(19-16(18-14)13-3-4-13)20-8-5-12(11-21)6-9-20/h10,12-13,21H,2-9,11H2,1H3,(H,17,18,19). The Hall–Kier alpha value is -1.36. The highest BCUT2D eigenvalue weighted by molar-refractivity contribution is 5.50. The highest BCUT2D eigenvalue weighted by Crippen LogP contribution is 2.39. The largest absolute Gasteiger partial charge is 0.396 e. The van der Waals surface area contributed by atoms with Gasteiger partial charge in [0.1, 0.15) is 17.5 Å². The molecule has 3 rings (SSSR count). The van der Waals surface area contributed by atoms with Gasteiger partial charge in [0, 0.05) is 38.2 Å². The van der Waals surface area contributed by atoms with Crippen molar-refractivity contribution < 1.29 is 5.11 Å². The number of hydrogen-bond donors (Lipinski definition) is 2. The lowest BCUT2D eigenvalue weighted by atomic mass is 9.98. The van der Waals surface area contributed by atoms with Crippen LogP contribution in [0.4, 0.5) is 11.6 Å². The zero-order valence-corrected chi connectivity index (χ0v) is 12.9. The number of aliphatic hydroxyl groups is 1. The molecule has 1 aromatic rings. The zero-order chi connectivity index (χ0) is 14.7. The molecule has 0 spiro atoms. The predicted octanol–water partition coefficient (Wildman–Crippen LogP) is 2.38. The smallest absolute Gasteiger partial charge is 0.136 e. The van der Waals surface area contributed by atoms with Crippen molar-refractivity contribution in [2.45, 2.75) is 44.9 Å². The Morgan fingerprint density at radius 3 is 2.62 bits per heavy atom. The maximum absolute atomic E-state index is 9.26. The van der Waals surface area contributed by atoms with Gasteiger partial charge in [0.25, 0.3) is 0 Å². The molecule has 21 heavy (non-hydrogen) atoms. The van der Waals surface area contributed by atoms with Gasteiger partial charge in [0.15, 0.2) is 0 Å². The molecule has 5 heteroatoms. The highest BCUT2D eigenvalue weighted by atomic mass is 16.3. The first-order valence-corrected chi connectivity index (χ1v) is 8.28. The molecule has 0 atom stereocenters. The number of aromatic nitrogens is 2. The van der Waals surface area contributed by atoms with Crippen LogP contribution in [0.2, 0.25) is 0 Å². The van der Waals surface area contributed by atoms with Crippen molar-refractivity contribution >= 4 is 11.6 Å². The number of aliphatic hydroxyl groups excluding tert-OH is 1. The average Bonchev–Trinajstić information content (AvgIpc) is 3.37. The van der Waals surface area contributed by atoms with E-state index in [0.29, 0.717) is 18.4 Å². The minimum absolute atomic E-state index is 0.314. The SMILES string of the molecule is CCCNc1cc(N2CCC(CO)CC2)nc(C2CC2)n1. The Balaban J connectivity index is 1.75. The van der Waals surface area contributed by atoms with E-state index in [9.17, 15) is 5.11 Å². The summed E-state index contributed by atoms with van der Waals surface area (Å²) in [4.78, 5) is 11.8. The first kappa shape index (κ1) is 14.6. The van der Waals surface area contributed by atoms with Crippen LogP contribution in [-0.2, 0) is 0 Å². The number of rotatable bonds is 6. The van der Waals surface area contributed by atoms with Crippen LogP contribution in [0.5, 0.6) is 0 Å². The van der Waals surface area contributed by atoms with E-state index in [1.54, 1.807) is 0 Å². The third kappa shape index (κ3) is 3.64. The molecule has 1 aliphatic carbocycles. The van der Waals surface area contributed by atoms with Crippen molar-refractivity contribution in [1.29, 1.82) is 0 Å². The van der Waals surface area contributed by atoms with Crippen molar-refractivity contribution in [3.8, 4) is 0 Å². The molecule has 0 amide bonds. The summed E-state index contributed by atoms with van der Waals surface area (Å²) in [6.45, 7) is 5.40. The molecule has 2 N–H and O–H groups in total. The van der Waals surface area contributed by atoms with Gasteiger partial charge in [-0.3, -0.25) is 0 Å². The summed E-state index contributed by atoms with van der Waals surface area (Å²) in [6, 6.07) is 2.08. The van der Waals surface area contributed by atoms with Crippen LogP contribution in [0.15, 0.2) is 6.07 Å². The van der Waals surface area contributed by atoms with Crippen molar-refractivity contribution in [1.82, 2.24) is 9.97 Å². The lowest BCUT2D eigenvalue weighted by molar-refractivity contribution is 0.203. The van der Waals surface area contributed by atoms with E-state index in [0.717, 1.165) is 56.4 Å². The molecule has 0 aromatic carbocycles. The molecule has 1 aromatic heterocycles. The number of piperidine rings is 1. The molecule has 2 fully saturated rings. The van der Waals surface area contributed by atoms with Crippen LogP contribution < -0.4 is 10.2 Å². The minimum atomic E-state index is 0.314. The van der Waals surface area contributed by atoms with Crippen molar-refractivity contribution in [2.75, 3.05) is 36.5 Å². The molecule has 5 nitrogen and oxygen atoms in total. The van der Waals surface area contributed by atoms with Gasteiger partial charge in [-0.2, -0.15) is 0 Å². The topological polar surface area (TPSA) is 61.3 Å². The second-order valence-corrected chi connectivity index (χ2v) is 6.28. The summed E-state index contributed by atoms with van der Waals surface area (Å²) in [5.41, 5.74) is 0. The fourth-order valence-electron chi connectivity index (χ4n) is 2.83. The van der Waals surface area contributed by atoms with E-state index in [1.807, 2.05) is 0 Å². The second-order valence-electron chi connectivity index (χ2n) is 6.28. The fourth-order valence-corrected chi connectivity index (χ4v) is 2.83. The number of nitrogens with zero attached hydrogens (tertiary/aromatic N) is 3. The van der Waals surface area contributed by atoms with E-state index >= 15 is 0 Å². The van der Waals surface area contributed by atoms with E-state index in [4.69, 9.17) is 4.98 Å². The predicted molar refractivity (Wildman–Crippen MR) is 84.8 cm³/mol. The van der Waals surface area contributed by atoms with E-state index in [1.165, 1.54) is 12.8 Å². The van der Waals surface area contributed by atoms with Gasteiger partial charge >= 0.3 is 0 Å². The summed E-state index contributed by atoms with van der Waals surface area (Å²) in [5.74, 6) is 4.07. The summed E-state index contributed by atoms with van der Waals surface area (Å²) >= 11 is 0. The maximum atomic E-state index is 9.26. The van der Waals surface area contributed by atoms with E-state index < -0.39 is 0 Å². The number of nitrogens with one attached hydrogen (secondary N) is 1. The molecule has 0 radical (unpaired) electrons. The monoisotopic (exact) mass is 290 g/mol. The fraction of sp³-hybridized carbons (Fsp3) is 0.750. The Bertz CT molecular complexity index is 467. The number of hydrogen-bond acceptors (Lipinski definition) is 5.